The molecule has 0 aromatic heterocycles. The van der Waals surface area contributed by atoms with Crippen LogP contribution in [0, 0.1) is 10.1 Å². The zero-order valence-electron chi connectivity index (χ0n) is 14.2. The molecule has 136 valence electrons. The highest BCUT2D eigenvalue weighted by molar-refractivity contribution is 6.08. The Morgan fingerprint density at radius 3 is 2.23 bits per heavy atom. The molecule has 2 aromatic rings. The number of carbonyl (C=O) groups excluding carboxylic acids is 2. The third-order valence-electron chi connectivity index (χ3n) is 3.43. The van der Waals surface area contributed by atoms with Gasteiger partial charge in [0.25, 0.3) is 11.6 Å². The first kappa shape index (κ1) is 18.9. The highest BCUT2D eigenvalue weighted by Gasteiger charge is 2.16. The van der Waals surface area contributed by atoms with Gasteiger partial charge in [-0.1, -0.05) is 0 Å². The molecular weight excluding hydrogens is 340 g/mol. The number of methoxy groups -OCH3 is 1. The molecule has 0 spiro atoms. The van der Waals surface area contributed by atoms with Crippen LogP contribution in [0.25, 0.3) is 0 Å². The van der Waals surface area contributed by atoms with E-state index in [1.165, 1.54) is 25.3 Å². The van der Waals surface area contributed by atoms with E-state index in [0.717, 1.165) is 0 Å². The van der Waals surface area contributed by atoms with Gasteiger partial charge in [0.15, 0.2) is 0 Å². The number of benzene rings is 2. The van der Waals surface area contributed by atoms with Gasteiger partial charge in [-0.05, 0) is 30.3 Å². The quantitative estimate of drug-likeness (QED) is 0.516. The van der Waals surface area contributed by atoms with E-state index in [0.29, 0.717) is 17.1 Å². The standard InChI is InChI=1S/C17H18N4O5/c1-18-15-8-7-13(21(24)25)9-14(15)17(23)20-12-5-3-11(4-6-12)19-16(22)10-26-2/h3-9,18H,10H2,1-2H3,(H,19,22)(H,20,23). The number of hydrogen-bond acceptors (Lipinski definition) is 6. The van der Waals surface area contributed by atoms with Crippen molar-refractivity contribution in [1.82, 2.24) is 0 Å². The lowest BCUT2D eigenvalue weighted by Gasteiger charge is -2.10. The van der Waals surface area contributed by atoms with Crippen molar-refractivity contribution in [1.29, 1.82) is 0 Å². The summed E-state index contributed by atoms with van der Waals surface area (Å²) in [5, 5.41) is 19.0. The van der Waals surface area contributed by atoms with E-state index in [-0.39, 0.29) is 23.8 Å². The number of carbonyl (C=O) groups is 2. The molecule has 2 amide bonds. The minimum absolute atomic E-state index is 0.0575. The number of rotatable bonds is 7. The van der Waals surface area contributed by atoms with Gasteiger partial charge in [-0.25, -0.2) is 0 Å². The van der Waals surface area contributed by atoms with Crippen LogP contribution in [0.5, 0.6) is 0 Å². The molecule has 2 rings (SSSR count). The van der Waals surface area contributed by atoms with Crippen LogP contribution >= 0.6 is 0 Å². The maximum absolute atomic E-state index is 12.5. The van der Waals surface area contributed by atoms with Gasteiger partial charge >= 0.3 is 0 Å². The van der Waals surface area contributed by atoms with Gasteiger partial charge in [-0.15, -0.1) is 0 Å². The molecule has 0 atom stereocenters. The Labute approximate surface area is 149 Å². The van der Waals surface area contributed by atoms with Crippen molar-refractivity contribution in [2.45, 2.75) is 0 Å². The van der Waals surface area contributed by atoms with Gasteiger partial charge in [0.2, 0.25) is 5.91 Å². The van der Waals surface area contributed by atoms with Crippen LogP contribution in [0.2, 0.25) is 0 Å². The number of ether oxygens (including phenoxy) is 1. The van der Waals surface area contributed by atoms with Crippen molar-refractivity contribution < 1.29 is 19.2 Å². The van der Waals surface area contributed by atoms with Gasteiger partial charge in [-0.2, -0.15) is 0 Å². The molecule has 0 aliphatic rings. The minimum atomic E-state index is -0.562. The second-order valence-corrected chi connectivity index (χ2v) is 5.25. The molecular formula is C17H18N4O5. The average molecular weight is 358 g/mol. The maximum atomic E-state index is 12.5. The van der Waals surface area contributed by atoms with Crippen LogP contribution in [-0.2, 0) is 9.53 Å². The molecule has 26 heavy (non-hydrogen) atoms. The largest absolute Gasteiger partial charge is 0.387 e. The SMILES string of the molecule is CNc1ccc([N+](=O)[O-])cc1C(=O)Nc1ccc(NC(=O)COC)cc1. The van der Waals surface area contributed by atoms with Crippen LogP contribution in [0.3, 0.4) is 0 Å². The van der Waals surface area contributed by atoms with Crippen molar-refractivity contribution >= 4 is 34.6 Å². The predicted octanol–water partition coefficient (Wildman–Crippen LogP) is 2.47. The highest BCUT2D eigenvalue weighted by atomic mass is 16.6. The molecule has 0 fully saturated rings. The Hall–Kier alpha value is -3.46. The number of nitro benzene ring substituents is 1. The van der Waals surface area contributed by atoms with Crippen LogP contribution in [-0.4, -0.2) is 37.5 Å². The van der Waals surface area contributed by atoms with E-state index in [1.807, 2.05) is 0 Å². The van der Waals surface area contributed by atoms with Gasteiger partial charge in [0.05, 0.1) is 10.5 Å². The minimum Gasteiger partial charge on any atom is -0.387 e. The average Bonchev–Trinajstić information content (AvgIpc) is 2.62. The smallest absolute Gasteiger partial charge is 0.270 e. The summed E-state index contributed by atoms with van der Waals surface area (Å²) < 4.78 is 4.73. The zero-order valence-corrected chi connectivity index (χ0v) is 14.2. The molecule has 0 saturated heterocycles. The van der Waals surface area contributed by atoms with E-state index in [2.05, 4.69) is 16.0 Å². The lowest BCUT2D eigenvalue weighted by molar-refractivity contribution is -0.384. The number of nitrogens with one attached hydrogen (secondary N) is 3. The zero-order chi connectivity index (χ0) is 19.1. The van der Waals surface area contributed by atoms with E-state index < -0.39 is 10.8 Å². The number of amides is 2. The number of anilines is 3. The molecule has 2 aromatic carbocycles. The summed E-state index contributed by atoms with van der Waals surface area (Å²) in [6.45, 7) is -0.0575. The Kier molecular flexibility index (Phi) is 6.23. The molecule has 3 N–H and O–H groups in total. The van der Waals surface area contributed by atoms with Crippen molar-refractivity contribution in [2.75, 3.05) is 36.7 Å². The number of hydrogen-bond donors (Lipinski definition) is 3. The fourth-order valence-corrected chi connectivity index (χ4v) is 2.22. The van der Waals surface area contributed by atoms with Crippen LogP contribution in [0.1, 0.15) is 10.4 Å². The van der Waals surface area contributed by atoms with E-state index in [9.17, 15) is 19.7 Å². The van der Waals surface area contributed by atoms with Crippen LogP contribution < -0.4 is 16.0 Å². The highest BCUT2D eigenvalue weighted by Crippen LogP contribution is 2.23. The molecule has 0 bridgehead atoms. The maximum Gasteiger partial charge on any atom is 0.270 e. The Balaban J connectivity index is 2.13. The summed E-state index contributed by atoms with van der Waals surface area (Å²) in [6.07, 6.45) is 0. The summed E-state index contributed by atoms with van der Waals surface area (Å²) in [7, 11) is 3.04. The van der Waals surface area contributed by atoms with Gasteiger partial charge in [-0.3, -0.25) is 19.7 Å². The number of nitro groups is 1. The Morgan fingerprint density at radius 2 is 1.69 bits per heavy atom. The van der Waals surface area contributed by atoms with Crippen molar-refractivity contribution in [3.05, 3.63) is 58.1 Å². The van der Waals surface area contributed by atoms with Crippen LogP contribution in [0.4, 0.5) is 22.7 Å². The normalized spacial score (nSPS) is 10.1. The molecule has 0 unspecified atom stereocenters. The first-order chi connectivity index (χ1) is 12.4. The number of non-ortho nitro benzene ring substituents is 1. The molecule has 0 saturated carbocycles. The summed E-state index contributed by atoms with van der Waals surface area (Å²) in [4.78, 5) is 34.3. The fraction of sp³-hybridized carbons (Fsp3) is 0.176. The van der Waals surface area contributed by atoms with Crippen LogP contribution in [0.15, 0.2) is 42.5 Å². The van der Waals surface area contributed by atoms with Crippen molar-refractivity contribution in [3.63, 3.8) is 0 Å². The second kappa shape index (κ2) is 8.58. The molecule has 9 heteroatoms. The van der Waals surface area contributed by atoms with E-state index in [1.54, 1.807) is 31.3 Å². The van der Waals surface area contributed by atoms with E-state index in [4.69, 9.17) is 4.74 Å². The molecule has 0 aliphatic carbocycles. The third-order valence-corrected chi connectivity index (χ3v) is 3.43. The van der Waals surface area contributed by atoms with Gasteiger partial charge in [0, 0.05) is 43.4 Å². The fourth-order valence-electron chi connectivity index (χ4n) is 2.22. The van der Waals surface area contributed by atoms with Gasteiger partial charge in [0.1, 0.15) is 6.61 Å². The topological polar surface area (TPSA) is 123 Å². The first-order valence-corrected chi connectivity index (χ1v) is 7.61. The van der Waals surface area contributed by atoms with E-state index >= 15 is 0 Å². The van der Waals surface area contributed by atoms with Crippen molar-refractivity contribution in [3.8, 4) is 0 Å². The Morgan fingerprint density at radius 1 is 1.08 bits per heavy atom. The first-order valence-electron chi connectivity index (χ1n) is 7.61. The molecule has 0 heterocycles. The van der Waals surface area contributed by atoms with Gasteiger partial charge < -0.3 is 20.7 Å². The Bertz CT molecular complexity index is 820. The lowest BCUT2D eigenvalue weighted by Crippen LogP contribution is -2.17. The molecule has 9 nitrogen and oxygen atoms in total. The summed E-state index contributed by atoms with van der Waals surface area (Å²) in [6, 6.07) is 10.5. The molecule has 0 aliphatic heterocycles. The number of nitrogens with zero attached hydrogens (tertiary/aromatic N) is 1. The summed E-state index contributed by atoms with van der Waals surface area (Å²) in [5.74, 6) is -0.784. The predicted molar refractivity (Wildman–Crippen MR) is 97.5 cm³/mol. The molecule has 0 radical (unpaired) electrons. The summed E-state index contributed by atoms with van der Waals surface area (Å²) >= 11 is 0. The third kappa shape index (κ3) is 4.77. The monoisotopic (exact) mass is 358 g/mol. The summed E-state index contributed by atoms with van der Waals surface area (Å²) in [5.41, 5.74) is 1.48. The van der Waals surface area contributed by atoms with Crippen molar-refractivity contribution in [2.24, 2.45) is 0 Å². The lowest BCUT2D eigenvalue weighted by atomic mass is 10.1. The second-order valence-electron chi connectivity index (χ2n) is 5.25.